The lowest BCUT2D eigenvalue weighted by Crippen LogP contribution is -2.51. The maximum atomic E-state index is 13.4. The van der Waals surface area contributed by atoms with E-state index in [-0.39, 0.29) is 24.8 Å². The molecule has 1 aliphatic rings. The van der Waals surface area contributed by atoms with Crippen molar-refractivity contribution < 1.29 is 14.3 Å². The van der Waals surface area contributed by atoms with Gasteiger partial charge in [-0.2, -0.15) is 0 Å². The van der Waals surface area contributed by atoms with Crippen molar-refractivity contribution in [1.82, 2.24) is 14.1 Å². The molecule has 1 aromatic heterocycles. The van der Waals surface area contributed by atoms with Gasteiger partial charge in [0, 0.05) is 0 Å². The molecule has 1 heterocycles. The Morgan fingerprint density at radius 1 is 1.12 bits per heavy atom. The number of aryl methyl sites for hydroxylation is 1. The number of nitrogens with one attached hydrogen (secondary N) is 1. The number of aromatic amines is 1. The van der Waals surface area contributed by atoms with Crippen LogP contribution in [0, 0.1) is 6.92 Å². The molecule has 4 rings (SSSR count). The molecule has 9 nitrogen and oxygen atoms in total. The highest BCUT2D eigenvalue weighted by atomic mass is 127. The SMILES string of the molecule is COC(=O)[C@@H](I)Cn1c(=O)[nH]/c(=N\c2ccc(OC3CC3)cc2)n(Cc2ccc(C)cc2)c1=O. The number of H-pyrrole nitrogens is 1. The van der Waals surface area contributed by atoms with E-state index in [1.54, 1.807) is 12.1 Å². The number of carbonyl (C=O) groups is 1. The van der Waals surface area contributed by atoms with Crippen molar-refractivity contribution in [3.8, 4) is 5.75 Å². The molecule has 0 spiro atoms. The van der Waals surface area contributed by atoms with Crippen LogP contribution in [0.4, 0.5) is 5.69 Å². The fourth-order valence-electron chi connectivity index (χ4n) is 3.28. The maximum Gasteiger partial charge on any atom is 0.335 e. The molecule has 0 unspecified atom stereocenters. The summed E-state index contributed by atoms with van der Waals surface area (Å²) in [5.74, 6) is 0.244. The summed E-state index contributed by atoms with van der Waals surface area (Å²) in [5.41, 5.74) is 1.43. The van der Waals surface area contributed by atoms with Crippen LogP contribution in [0.15, 0.2) is 63.1 Å². The Morgan fingerprint density at radius 2 is 1.79 bits per heavy atom. The number of hydrogen-bond donors (Lipinski definition) is 1. The topological polar surface area (TPSA) is 108 Å². The van der Waals surface area contributed by atoms with E-state index in [4.69, 9.17) is 9.47 Å². The van der Waals surface area contributed by atoms with E-state index in [0.717, 1.165) is 34.3 Å². The summed E-state index contributed by atoms with van der Waals surface area (Å²) in [6, 6.07) is 14.9. The van der Waals surface area contributed by atoms with Gasteiger partial charge in [0.25, 0.3) is 0 Å². The third-order valence-electron chi connectivity index (χ3n) is 5.34. The Kier molecular flexibility index (Phi) is 7.35. The van der Waals surface area contributed by atoms with Crippen molar-refractivity contribution >= 4 is 34.2 Å². The number of benzene rings is 2. The predicted octanol–water partition coefficient (Wildman–Crippen LogP) is 2.45. The number of esters is 1. The van der Waals surface area contributed by atoms with Crippen LogP contribution in [0.2, 0.25) is 0 Å². The molecule has 0 saturated heterocycles. The summed E-state index contributed by atoms with van der Waals surface area (Å²) in [4.78, 5) is 45.2. The van der Waals surface area contributed by atoms with Crippen LogP contribution in [0.25, 0.3) is 0 Å². The van der Waals surface area contributed by atoms with Gasteiger partial charge in [0.1, 0.15) is 9.67 Å². The number of methoxy groups -OCH3 is 1. The molecule has 1 saturated carbocycles. The van der Waals surface area contributed by atoms with Crippen LogP contribution < -0.4 is 21.7 Å². The average molecular weight is 576 g/mol. The fourth-order valence-corrected chi connectivity index (χ4v) is 3.93. The van der Waals surface area contributed by atoms with Crippen LogP contribution in [-0.4, -0.2) is 37.2 Å². The summed E-state index contributed by atoms with van der Waals surface area (Å²) in [7, 11) is 1.27. The van der Waals surface area contributed by atoms with Gasteiger partial charge in [0.2, 0.25) is 5.62 Å². The van der Waals surface area contributed by atoms with Gasteiger partial charge in [-0.25, -0.2) is 19.1 Å². The number of hydrogen-bond acceptors (Lipinski definition) is 6. The number of alkyl halides is 1. The first-order valence-corrected chi connectivity index (χ1v) is 12.1. The zero-order chi connectivity index (χ0) is 24.2. The lowest BCUT2D eigenvalue weighted by Gasteiger charge is -2.13. The average Bonchev–Trinajstić information content (AvgIpc) is 3.65. The molecule has 0 bridgehead atoms. The number of ether oxygens (including phenoxy) is 2. The van der Waals surface area contributed by atoms with Gasteiger partial charge in [-0.1, -0.05) is 52.4 Å². The lowest BCUT2D eigenvalue weighted by atomic mass is 10.1. The Morgan fingerprint density at radius 3 is 2.41 bits per heavy atom. The molecular weight excluding hydrogens is 551 g/mol. The molecule has 0 amide bonds. The quantitative estimate of drug-likeness (QED) is 0.252. The molecule has 1 N–H and O–H groups in total. The van der Waals surface area contributed by atoms with E-state index < -0.39 is 21.3 Å². The second kappa shape index (κ2) is 10.4. The van der Waals surface area contributed by atoms with Crippen molar-refractivity contribution in [2.75, 3.05) is 7.11 Å². The van der Waals surface area contributed by atoms with E-state index >= 15 is 0 Å². The Bertz CT molecular complexity index is 1350. The second-order valence-corrected chi connectivity index (χ2v) is 9.64. The molecule has 1 fully saturated rings. The zero-order valence-electron chi connectivity index (χ0n) is 18.9. The number of nitrogens with zero attached hydrogens (tertiary/aromatic N) is 3. The first-order valence-electron chi connectivity index (χ1n) is 10.9. The molecule has 0 radical (unpaired) electrons. The summed E-state index contributed by atoms with van der Waals surface area (Å²) < 4.78 is 12.2. The highest BCUT2D eigenvalue weighted by Gasteiger charge is 2.23. The van der Waals surface area contributed by atoms with E-state index in [0.29, 0.717) is 5.69 Å². The van der Waals surface area contributed by atoms with Gasteiger partial charge in [-0.15, -0.1) is 0 Å². The summed E-state index contributed by atoms with van der Waals surface area (Å²) in [6.07, 6.45) is 2.42. The van der Waals surface area contributed by atoms with Gasteiger partial charge in [-0.3, -0.25) is 14.3 Å². The van der Waals surface area contributed by atoms with Crippen LogP contribution in [0.1, 0.15) is 24.0 Å². The molecule has 3 aromatic rings. The molecule has 178 valence electrons. The summed E-state index contributed by atoms with van der Waals surface area (Å²) in [6.45, 7) is 2.05. The zero-order valence-corrected chi connectivity index (χ0v) is 21.0. The largest absolute Gasteiger partial charge is 0.490 e. The molecule has 1 atom stereocenters. The van der Waals surface area contributed by atoms with E-state index in [1.165, 1.54) is 11.7 Å². The summed E-state index contributed by atoms with van der Waals surface area (Å²) >= 11 is 1.85. The minimum atomic E-state index is -0.698. The monoisotopic (exact) mass is 576 g/mol. The van der Waals surface area contributed by atoms with Gasteiger partial charge in [0.15, 0.2) is 0 Å². The van der Waals surface area contributed by atoms with Crippen molar-refractivity contribution in [3.05, 3.63) is 86.2 Å². The number of carbonyl (C=O) groups excluding carboxylic acids is 1. The van der Waals surface area contributed by atoms with Gasteiger partial charge >= 0.3 is 17.3 Å². The van der Waals surface area contributed by atoms with Crippen LogP contribution in [0.3, 0.4) is 0 Å². The number of halogens is 1. The lowest BCUT2D eigenvalue weighted by molar-refractivity contribution is -0.139. The molecule has 2 aromatic carbocycles. The third-order valence-corrected chi connectivity index (χ3v) is 6.24. The first-order chi connectivity index (χ1) is 16.3. The van der Waals surface area contributed by atoms with Crippen molar-refractivity contribution in [1.29, 1.82) is 0 Å². The van der Waals surface area contributed by atoms with Crippen molar-refractivity contribution in [2.24, 2.45) is 4.99 Å². The van der Waals surface area contributed by atoms with E-state index in [9.17, 15) is 14.4 Å². The minimum absolute atomic E-state index is 0.116. The van der Waals surface area contributed by atoms with Gasteiger partial charge in [0.05, 0.1) is 32.0 Å². The van der Waals surface area contributed by atoms with Crippen LogP contribution in [-0.2, 0) is 22.6 Å². The Balaban J connectivity index is 1.76. The highest BCUT2D eigenvalue weighted by molar-refractivity contribution is 14.1. The fraction of sp³-hybridized carbons (Fsp3) is 0.333. The minimum Gasteiger partial charge on any atom is -0.490 e. The highest BCUT2D eigenvalue weighted by Crippen LogP contribution is 2.27. The number of rotatable bonds is 8. The van der Waals surface area contributed by atoms with Crippen molar-refractivity contribution in [3.63, 3.8) is 0 Å². The molecule has 10 heteroatoms. The molecule has 1 aliphatic carbocycles. The van der Waals surface area contributed by atoms with Crippen LogP contribution >= 0.6 is 22.6 Å². The Labute approximate surface area is 209 Å². The van der Waals surface area contributed by atoms with Gasteiger partial charge < -0.3 is 9.47 Å². The normalized spacial score (nSPS) is 14.6. The number of aromatic nitrogens is 3. The smallest absolute Gasteiger partial charge is 0.335 e. The molecule has 34 heavy (non-hydrogen) atoms. The second-order valence-electron chi connectivity index (χ2n) is 8.13. The maximum absolute atomic E-state index is 13.4. The standard InChI is InChI=1S/C24H25IN4O5/c1-15-3-5-16(6-4-15)13-28-22(26-17-7-9-18(10-8-17)34-19-11-12-19)27-23(31)29(24(28)32)14-20(25)21(30)33-2/h3-10,19-20H,11-14H2,1-2H3,(H,26,27,31)/t20-/m0/s1. The Hall–Kier alpha value is -3.15. The molecule has 0 aliphatic heterocycles. The van der Waals surface area contributed by atoms with Gasteiger partial charge in [-0.05, 0) is 49.6 Å². The predicted molar refractivity (Wildman–Crippen MR) is 135 cm³/mol. The summed E-state index contributed by atoms with van der Waals surface area (Å²) in [5, 5.41) is 0. The van der Waals surface area contributed by atoms with E-state index in [1.807, 2.05) is 65.9 Å². The third kappa shape index (κ3) is 5.85. The molecular formula is C24H25IN4O5. The van der Waals surface area contributed by atoms with E-state index in [2.05, 4.69) is 9.98 Å². The van der Waals surface area contributed by atoms with Crippen molar-refractivity contribution in [2.45, 2.75) is 42.9 Å². The first kappa shape index (κ1) is 24.0. The van der Waals surface area contributed by atoms with Crippen LogP contribution in [0.5, 0.6) is 5.75 Å².